The molecule has 7 heteroatoms. The molecule has 156 valence electrons. The number of carbonyl (C=O) groups is 2. The summed E-state index contributed by atoms with van der Waals surface area (Å²) in [6.45, 7) is 2.67. The summed E-state index contributed by atoms with van der Waals surface area (Å²) < 4.78 is 13.3. The molecule has 0 heterocycles. The Morgan fingerprint density at radius 3 is 2.52 bits per heavy atom. The second-order valence-corrected chi connectivity index (χ2v) is 7.17. The zero-order valence-corrected chi connectivity index (χ0v) is 17.3. The molecule has 0 aliphatic heterocycles. The third-order valence-electron chi connectivity index (χ3n) is 4.37. The largest absolute Gasteiger partial charge is 0.354 e. The molecule has 3 amide bonds. The van der Waals surface area contributed by atoms with Gasteiger partial charge in [0, 0.05) is 35.9 Å². The van der Waals surface area contributed by atoms with Crippen molar-refractivity contribution in [1.29, 1.82) is 0 Å². The number of hydrogen-bond acceptors (Lipinski definition) is 2. The van der Waals surface area contributed by atoms with Crippen LogP contribution in [0.25, 0.3) is 0 Å². The third kappa shape index (κ3) is 8.11. The molecule has 0 fully saturated rings. The highest BCUT2D eigenvalue weighted by Gasteiger charge is 2.16. The Bertz CT molecular complexity index is 799. The lowest BCUT2D eigenvalue weighted by molar-refractivity contribution is -0.121. The number of rotatable bonds is 10. The molecule has 0 bridgehead atoms. The van der Waals surface area contributed by atoms with E-state index in [0.717, 1.165) is 25.7 Å². The average Bonchev–Trinajstić information content (AvgIpc) is 2.69. The normalized spacial score (nSPS) is 10.4. The molecule has 0 radical (unpaired) electrons. The SMILES string of the molecule is CCCCCCC(=O)NCCN(C(=O)Nc1cccc(Cl)c1)c1ccc(F)cc1. The summed E-state index contributed by atoms with van der Waals surface area (Å²) in [4.78, 5) is 26.2. The van der Waals surface area contributed by atoms with Crippen molar-refractivity contribution in [3.8, 4) is 0 Å². The first kappa shape index (κ1) is 22.7. The molecule has 2 aromatic carbocycles. The van der Waals surface area contributed by atoms with Crippen molar-refractivity contribution in [2.75, 3.05) is 23.3 Å². The lowest BCUT2D eigenvalue weighted by atomic mass is 10.1. The third-order valence-corrected chi connectivity index (χ3v) is 4.61. The number of carbonyl (C=O) groups excluding carboxylic acids is 2. The van der Waals surface area contributed by atoms with Gasteiger partial charge < -0.3 is 10.6 Å². The molecule has 2 rings (SSSR count). The monoisotopic (exact) mass is 419 g/mol. The summed E-state index contributed by atoms with van der Waals surface area (Å²) >= 11 is 5.97. The predicted octanol–water partition coefficient (Wildman–Crippen LogP) is 5.60. The molecule has 0 spiro atoms. The van der Waals surface area contributed by atoms with E-state index in [1.54, 1.807) is 24.3 Å². The number of anilines is 2. The van der Waals surface area contributed by atoms with Gasteiger partial charge in [0.1, 0.15) is 5.82 Å². The highest BCUT2D eigenvalue weighted by atomic mass is 35.5. The molecule has 0 atom stereocenters. The van der Waals surface area contributed by atoms with Crippen LogP contribution in [0.3, 0.4) is 0 Å². The first-order valence-electron chi connectivity index (χ1n) is 9.86. The zero-order valence-electron chi connectivity index (χ0n) is 16.6. The molecule has 0 unspecified atom stereocenters. The van der Waals surface area contributed by atoms with Gasteiger partial charge in [0.05, 0.1) is 0 Å². The molecule has 29 heavy (non-hydrogen) atoms. The minimum Gasteiger partial charge on any atom is -0.354 e. The molecule has 0 aliphatic rings. The van der Waals surface area contributed by atoms with Crippen LogP contribution in [-0.4, -0.2) is 25.0 Å². The van der Waals surface area contributed by atoms with Crippen LogP contribution in [0.15, 0.2) is 48.5 Å². The zero-order chi connectivity index (χ0) is 21.1. The highest BCUT2D eigenvalue weighted by Crippen LogP contribution is 2.19. The Balaban J connectivity index is 1.97. The van der Waals surface area contributed by atoms with Crippen molar-refractivity contribution in [2.24, 2.45) is 0 Å². The molecular weight excluding hydrogens is 393 g/mol. The first-order chi connectivity index (χ1) is 14.0. The van der Waals surface area contributed by atoms with Crippen LogP contribution in [0, 0.1) is 5.82 Å². The molecule has 2 aromatic rings. The molecule has 2 N–H and O–H groups in total. The van der Waals surface area contributed by atoms with Crippen LogP contribution < -0.4 is 15.5 Å². The Labute approximate surface area is 176 Å². The van der Waals surface area contributed by atoms with Crippen molar-refractivity contribution in [3.63, 3.8) is 0 Å². The van der Waals surface area contributed by atoms with E-state index in [1.165, 1.54) is 29.2 Å². The summed E-state index contributed by atoms with van der Waals surface area (Å²) in [5, 5.41) is 6.13. The Morgan fingerprint density at radius 1 is 1.07 bits per heavy atom. The van der Waals surface area contributed by atoms with E-state index in [1.807, 2.05) is 0 Å². The van der Waals surface area contributed by atoms with Crippen LogP contribution in [0.1, 0.15) is 39.0 Å². The van der Waals surface area contributed by atoms with Gasteiger partial charge in [-0.2, -0.15) is 0 Å². The van der Waals surface area contributed by atoms with Crippen LogP contribution >= 0.6 is 11.6 Å². The number of benzene rings is 2. The van der Waals surface area contributed by atoms with Crippen molar-refractivity contribution in [2.45, 2.75) is 39.0 Å². The molecular formula is C22H27ClFN3O2. The van der Waals surface area contributed by atoms with Gasteiger partial charge in [0.25, 0.3) is 0 Å². The minimum absolute atomic E-state index is 0.0320. The number of urea groups is 1. The summed E-state index contributed by atoms with van der Waals surface area (Å²) in [6.07, 6.45) is 4.61. The fraction of sp³-hybridized carbons (Fsp3) is 0.364. The van der Waals surface area contributed by atoms with E-state index >= 15 is 0 Å². The van der Waals surface area contributed by atoms with Crippen LogP contribution in [0.2, 0.25) is 5.02 Å². The number of nitrogens with one attached hydrogen (secondary N) is 2. The topological polar surface area (TPSA) is 61.4 Å². The number of nitrogens with zero attached hydrogens (tertiary/aromatic N) is 1. The smallest absolute Gasteiger partial charge is 0.326 e. The second kappa shape index (κ2) is 12.1. The van der Waals surface area contributed by atoms with E-state index in [-0.39, 0.29) is 18.3 Å². The van der Waals surface area contributed by atoms with Gasteiger partial charge in [-0.05, 0) is 48.9 Å². The predicted molar refractivity (Wildman–Crippen MR) is 116 cm³/mol. The number of hydrogen-bond donors (Lipinski definition) is 2. The van der Waals surface area contributed by atoms with E-state index in [2.05, 4.69) is 17.6 Å². The second-order valence-electron chi connectivity index (χ2n) is 6.73. The van der Waals surface area contributed by atoms with Crippen LogP contribution in [0.5, 0.6) is 0 Å². The quantitative estimate of drug-likeness (QED) is 0.492. The molecule has 5 nitrogen and oxygen atoms in total. The van der Waals surface area contributed by atoms with Crippen LogP contribution in [-0.2, 0) is 4.79 Å². The van der Waals surface area contributed by atoms with Crippen LogP contribution in [0.4, 0.5) is 20.6 Å². The van der Waals surface area contributed by atoms with Gasteiger partial charge in [0.15, 0.2) is 0 Å². The lowest BCUT2D eigenvalue weighted by Crippen LogP contribution is -2.41. The van der Waals surface area contributed by atoms with Crippen molar-refractivity contribution in [1.82, 2.24) is 5.32 Å². The number of unbranched alkanes of at least 4 members (excludes halogenated alkanes) is 3. The van der Waals surface area contributed by atoms with Gasteiger partial charge in [-0.1, -0.05) is 43.9 Å². The van der Waals surface area contributed by atoms with Gasteiger partial charge in [-0.3, -0.25) is 9.69 Å². The summed E-state index contributed by atoms with van der Waals surface area (Å²) in [7, 11) is 0. The summed E-state index contributed by atoms with van der Waals surface area (Å²) in [5.74, 6) is -0.417. The van der Waals surface area contributed by atoms with Gasteiger partial charge in [-0.25, -0.2) is 9.18 Å². The molecule has 0 saturated carbocycles. The number of amides is 3. The van der Waals surface area contributed by atoms with Gasteiger partial charge >= 0.3 is 6.03 Å². The lowest BCUT2D eigenvalue weighted by Gasteiger charge is -2.23. The molecule has 0 aromatic heterocycles. The number of halogens is 2. The fourth-order valence-electron chi connectivity index (χ4n) is 2.83. The Kier molecular flexibility index (Phi) is 9.44. The fourth-order valence-corrected chi connectivity index (χ4v) is 3.02. The highest BCUT2D eigenvalue weighted by molar-refractivity contribution is 6.30. The Hall–Kier alpha value is -2.60. The molecule has 0 aliphatic carbocycles. The summed E-state index contributed by atoms with van der Waals surface area (Å²) in [6, 6.07) is 12.1. The van der Waals surface area contributed by atoms with E-state index < -0.39 is 6.03 Å². The van der Waals surface area contributed by atoms with Crippen molar-refractivity contribution in [3.05, 3.63) is 59.4 Å². The van der Waals surface area contributed by atoms with Crippen molar-refractivity contribution < 1.29 is 14.0 Å². The maximum Gasteiger partial charge on any atom is 0.326 e. The standard InChI is InChI=1S/C22H27ClFN3O2/c1-2-3-4-5-9-21(28)25-14-15-27(20-12-10-18(24)11-13-20)22(29)26-19-8-6-7-17(23)16-19/h6-8,10-13,16H,2-5,9,14-15H2,1H3,(H,25,28)(H,26,29). The van der Waals surface area contributed by atoms with Gasteiger partial charge in [-0.15, -0.1) is 0 Å². The Morgan fingerprint density at radius 2 is 1.83 bits per heavy atom. The minimum atomic E-state index is -0.393. The maximum atomic E-state index is 13.3. The van der Waals surface area contributed by atoms with Gasteiger partial charge in [0.2, 0.25) is 5.91 Å². The first-order valence-corrected chi connectivity index (χ1v) is 10.2. The van der Waals surface area contributed by atoms with E-state index in [0.29, 0.717) is 29.4 Å². The van der Waals surface area contributed by atoms with E-state index in [4.69, 9.17) is 11.6 Å². The van der Waals surface area contributed by atoms with Crippen molar-refractivity contribution >= 4 is 34.9 Å². The van der Waals surface area contributed by atoms with E-state index in [9.17, 15) is 14.0 Å². The maximum absolute atomic E-state index is 13.3. The average molecular weight is 420 g/mol. The molecule has 0 saturated heterocycles. The summed E-state index contributed by atoms with van der Waals surface area (Å²) in [5.41, 5.74) is 1.08.